The van der Waals surface area contributed by atoms with Crippen LogP contribution in [0, 0.1) is 0 Å². The number of nitrogens with two attached hydrogens (primary N) is 2. The van der Waals surface area contributed by atoms with Crippen molar-refractivity contribution in [2.45, 2.75) is 25.3 Å². The van der Waals surface area contributed by atoms with Crippen LogP contribution in [0.2, 0.25) is 0 Å². The number of thioether (sulfide) groups is 1. The molecule has 6 nitrogen and oxygen atoms in total. The minimum Gasteiger partial charge on any atom is -0.382 e. The van der Waals surface area contributed by atoms with Gasteiger partial charge in [-0.1, -0.05) is 11.3 Å². The monoisotopic (exact) mass is 329 g/mol. The van der Waals surface area contributed by atoms with Crippen LogP contribution < -0.4 is 21.7 Å². The third-order valence-corrected chi connectivity index (χ3v) is 5.30. The van der Waals surface area contributed by atoms with Crippen molar-refractivity contribution in [1.82, 2.24) is 10.3 Å². The van der Waals surface area contributed by atoms with E-state index in [9.17, 15) is 4.79 Å². The summed E-state index contributed by atoms with van der Waals surface area (Å²) in [4.78, 5) is 19.1. The predicted octanol–water partition coefficient (Wildman–Crippen LogP) is 1.14. The van der Waals surface area contributed by atoms with Crippen molar-refractivity contribution in [3.8, 4) is 0 Å². The Hall–Kier alpha value is -0.990. The molecule has 2 heterocycles. The van der Waals surface area contributed by atoms with Crippen LogP contribution in [-0.4, -0.2) is 48.6 Å². The molecule has 21 heavy (non-hydrogen) atoms. The van der Waals surface area contributed by atoms with Gasteiger partial charge in [0.1, 0.15) is 10.7 Å². The van der Waals surface area contributed by atoms with Crippen LogP contribution in [0.3, 0.4) is 0 Å². The summed E-state index contributed by atoms with van der Waals surface area (Å²) >= 11 is 3.14. The maximum atomic E-state index is 12.1. The molecule has 1 fully saturated rings. The van der Waals surface area contributed by atoms with Crippen LogP contribution in [0.4, 0.5) is 10.9 Å². The van der Waals surface area contributed by atoms with E-state index in [1.165, 1.54) is 11.3 Å². The molecule has 1 amide bonds. The van der Waals surface area contributed by atoms with Gasteiger partial charge in [-0.05, 0) is 31.3 Å². The topological polar surface area (TPSA) is 97.3 Å². The molecule has 0 radical (unpaired) electrons. The van der Waals surface area contributed by atoms with Gasteiger partial charge in [0.15, 0.2) is 5.13 Å². The van der Waals surface area contributed by atoms with E-state index in [1.54, 1.807) is 11.8 Å². The van der Waals surface area contributed by atoms with E-state index >= 15 is 0 Å². The number of hydrogen-bond acceptors (Lipinski definition) is 7. The first kappa shape index (κ1) is 16.4. The Morgan fingerprint density at radius 1 is 1.52 bits per heavy atom. The van der Waals surface area contributed by atoms with Crippen LogP contribution in [-0.2, 0) is 0 Å². The van der Waals surface area contributed by atoms with E-state index < -0.39 is 0 Å². The average molecular weight is 329 g/mol. The van der Waals surface area contributed by atoms with Crippen molar-refractivity contribution in [2.24, 2.45) is 5.73 Å². The number of carbonyl (C=O) groups excluding carboxylic acids is 1. The molecule has 1 aliphatic heterocycles. The van der Waals surface area contributed by atoms with E-state index in [-0.39, 0.29) is 11.9 Å². The van der Waals surface area contributed by atoms with Crippen molar-refractivity contribution < 1.29 is 4.79 Å². The highest BCUT2D eigenvalue weighted by molar-refractivity contribution is 7.98. The van der Waals surface area contributed by atoms with Gasteiger partial charge in [-0.2, -0.15) is 11.8 Å². The number of piperidine rings is 1. The number of anilines is 2. The fourth-order valence-corrected chi connectivity index (χ4v) is 3.59. The Balaban J connectivity index is 1.93. The zero-order valence-corrected chi connectivity index (χ0v) is 13.9. The molecular weight excluding hydrogens is 306 g/mol. The van der Waals surface area contributed by atoms with Gasteiger partial charge in [0, 0.05) is 25.7 Å². The lowest BCUT2D eigenvalue weighted by Gasteiger charge is -2.29. The molecule has 0 bridgehead atoms. The Morgan fingerprint density at radius 3 is 2.90 bits per heavy atom. The fraction of sp³-hybridized carbons (Fsp3) is 0.692. The SMILES string of the molecule is CSCCCNC(=O)c1sc(N2CCC(N)CC2)nc1N. The Labute approximate surface area is 133 Å². The number of aromatic nitrogens is 1. The smallest absolute Gasteiger partial charge is 0.265 e. The van der Waals surface area contributed by atoms with Crippen molar-refractivity contribution >= 4 is 40.0 Å². The highest BCUT2D eigenvalue weighted by Gasteiger charge is 2.22. The number of nitrogens with zero attached hydrogens (tertiary/aromatic N) is 2. The molecule has 0 aromatic carbocycles. The molecule has 118 valence electrons. The van der Waals surface area contributed by atoms with Gasteiger partial charge in [-0.25, -0.2) is 4.98 Å². The molecule has 1 aliphatic rings. The van der Waals surface area contributed by atoms with E-state index in [1.807, 2.05) is 0 Å². The van der Waals surface area contributed by atoms with Gasteiger partial charge in [0.05, 0.1) is 0 Å². The summed E-state index contributed by atoms with van der Waals surface area (Å²) in [6.07, 6.45) is 4.92. The molecule has 2 rings (SSSR count). The number of nitrogens with one attached hydrogen (secondary N) is 1. The number of nitrogen functional groups attached to an aromatic ring is 1. The molecule has 1 saturated heterocycles. The van der Waals surface area contributed by atoms with Crippen LogP contribution >= 0.6 is 23.1 Å². The van der Waals surface area contributed by atoms with Crippen molar-refractivity contribution in [2.75, 3.05) is 42.3 Å². The predicted molar refractivity (Wildman–Crippen MR) is 91.3 cm³/mol. The summed E-state index contributed by atoms with van der Waals surface area (Å²) < 4.78 is 0. The van der Waals surface area contributed by atoms with Crippen molar-refractivity contribution in [1.29, 1.82) is 0 Å². The average Bonchev–Trinajstić information content (AvgIpc) is 2.86. The summed E-state index contributed by atoms with van der Waals surface area (Å²) in [7, 11) is 0. The van der Waals surface area contributed by atoms with Crippen LogP contribution in [0.25, 0.3) is 0 Å². The fourth-order valence-electron chi connectivity index (χ4n) is 2.21. The lowest BCUT2D eigenvalue weighted by atomic mass is 10.1. The molecule has 8 heteroatoms. The molecule has 0 spiro atoms. The van der Waals surface area contributed by atoms with Crippen LogP contribution in [0.5, 0.6) is 0 Å². The Bertz CT molecular complexity index is 471. The zero-order chi connectivity index (χ0) is 15.2. The number of thiazole rings is 1. The molecule has 1 aromatic rings. The lowest BCUT2D eigenvalue weighted by molar-refractivity contribution is 0.0958. The summed E-state index contributed by atoms with van der Waals surface area (Å²) in [5.41, 5.74) is 11.8. The first-order valence-corrected chi connectivity index (χ1v) is 9.36. The van der Waals surface area contributed by atoms with Gasteiger partial charge >= 0.3 is 0 Å². The Morgan fingerprint density at radius 2 is 2.24 bits per heavy atom. The number of carbonyl (C=O) groups is 1. The third-order valence-electron chi connectivity index (χ3n) is 3.47. The third kappa shape index (κ3) is 4.49. The second kappa shape index (κ2) is 7.86. The maximum absolute atomic E-state index is 12.1. The second-order valence-corrected chi connectivity index (χ2v) is 7.10. The summed E-state index contributed by atoms with van der Waals surface area (Å²) in [6.45, 7) is 2.43. The largest absolute Gasteiger partial charge is 0.382 e. The van der Waals surface area contributed by atoms with Gasteiger partial charge in [-0.15, -0.1) is 0 Å². The minimum atomic E-state index is -0.119. The summed E-state index contributed by atoms with van der Waals surface area (Å²) in [5.74, 6) is 1.25. The Kier molecular flexibility index (Phi) is 6.13. The quantitative estimate of drug-likeness (QED) is 0.677. The highest BCUT2D eigenvalue weighted by Crippen LogP contribution is 2.29. The zero-order valence-electron chi connectivity index (χ0n) is 12.3. The molecule has 5 N–H and O–H groups in total. The van der Waals surface area contributed by atoms with Crippen molar-refractivity contribution in [3.05, 3.63) is 4.88 Å². The molecule has 0 atom stereocenters. The number of hydrogen-bond donors (Lipinski definition) is 3. The standard InChI is InChI=1S/C13H23N5OS2/c1-20-8-2-5-16-12(19)10-11(15)17-13(21-10)18-6-3-9(14)4-7-18/h9H,2-8,14-15H2,1H3,(H,16,19). The second-order valence-electron chi connectivity index (χ2n) is 5.14. The van der Waals surface area contributed by atoms with Gasteiger partial charge in [0.2, 0.25) is 0 Å². The maximum Gasteiger partial charge on any atom is 0.265 e. The van der Waals surface area contributed by atoms with Crippen LogP contribution in [0.1, 0.15) is 28.9 Å². The number of amides is 1. The van der Waals surface area contributed by atoms with Crippen molar-refractivity contribution in [3.63, 3.8) is 0 Å². The first-order valence-electron chi connectivity index (χ1n) is 7.15. The van der Waals surface area contributed by atoms with Gasteiger partial charge in [0.25, 0.3) is 5.91 Å². The van der Waals surface area contributed by atoms with E-state index in [2.05, 4.69) is 21.5 Å². The van der Waals surface area contributed by atoms with Gasteiger partial charge in [-0.3, -0.25) is 4.79 Å². The molecular formula is C13H23N5OS2. The van der Waals surface area contributed by atoms with E-state index in [0.29, 0.717) is 17.2 Å². The summed E-state index contributed by atoms with van der Waals surface area (Å²) in [5, 5.41) is 3.73. The molecule has 0 aliphatic carbocycles. The highest BCUT2D eigenvalue weighted by atomic mass is 32.2. The summed E-state index contributed by atoms with van der Waals surface area (Å²) in [6, 6.07) is 0.276. The molecule has 1 aromatic heterocycles. The van der Waals surface area contributed by atoms with Crippen LogP contribution in [0.15, 0.2) is 0 Å². The lowest BCUT2D eigenvalue weighted by Crippen LogP contribution is -2.39. The minimum absolute atomic E-state index is 0.119. The van der Waals surface area contributed by atoms with Gasteiger partial charge < -0.3 is 21.7 Å². The molecule has 0 unspecified atom stereocenters. The van der Waals surface area contributed by atoms with E-state index in [4.69, 9.17) is 11.5 Å². The first-order chi connectivity index (χ1) is 10.1. The normalized spacial score (nSPS) is 16.2. The number of rotatable bonds is 6. The van der Waals surface area contributed by atoms with E-state index in [0.717, 1.165) is 43.2 Å². The molecule has 0 saturated carbocycles.